The lowest BCUT2D eigenvalue weighted by molar-refractivity contribution is 0.583. The second-order valence-electron chi connectivity index (χ2n) is 10.8. The predicted octanol–water partition coefficient (Wildman–Crippen LogP) is 11.2. The molecule has 0 fully saturated rings. The Labute approximate surface area is 266 Å². The zero-order valence-electron chi connectivity index (χ0n) is 24.3. The molecule has 0 spiro atoms. The first-order chi connectivity index (χ1) is 22.6. The van der Waals surface area contributed by atoms with Crippen molar-refractivity contribution in [1.29, 1.82) is 5.26 Å². The molecule has 0 amide bonds. The highest BCUT2D eigenvalue weighted by atomic mass is 19.2. The van der Waals surface area contributed by atoms with Crippen LogP contribution in [0.5, 0.6) is 0 Å². The van der Waals surface area contributed by atoms with Crippen LogP contribution in [-0.4, -0.2) is 0 Å². The van der Waals surface area contributed by atoms with Crippen molar-refractivity contribution in [3.63, 3.8) is 0 Å². The smallest absolute Gasteiger partial charge is 0.187 e. The van der Waals surface area contributed by atoms with Crippen LogP contribution in [0.2, 0.25) is 0 Å². The van der Waals surface area contributed by atoms with Crippen molar-refractivity contribution in [2.24, 2.45) is 0 Å². The Bertz CT molecular complexity index is 2040. The molecular weight excluding hydrogens is 610 g/mol. The number of nitriles is 1. The van der Waals surface area contributed by atoms with Gasteiger partial charge in [0.05, 0.1) is 29.3 Å². The van der Waals surface area contributed by atoms with E-state index in [0.29, 0.717) is 22.4 Å². The molecule has 2 nitrogen and oxygen atoms in total. The van der Waals surface area contributed by atoms with Crippen LogP contribution in [0.1, 0.15) is 16.7 Å². The first kappa shape index (κ1) is 30.9. The van der Waals surface area contributed by atoms with Crippen molar-refractivity contribution in [1.82, 2.24) is 0 Å². The van der Waals surface area contributed by atoms with Crippen molar-refractivity contribution in [3.05, 3.63) is 172 Å². The number of nitrogens with zero attached hydrogens (tertiary/aromatic N) is 2. The molecule has 6 rings (SSSR count). The quantitative estimate of drug-likeness (QED) is 0.133. The van der Waals surface area contributed by atoms with E-state index >= 15 is 22.0 Å². The summed E-state index contributed by atoms with van der Waals surface area (Å²) in [5.74, 6) is -5.36. The summed E-state index contributed by atoms with van der Waals surface area (Å²) < 4.78 is 90.9. The molecule has 0 saturated carbocycles. The van der Waals surface area contributed by atoms with E-state index in [0.717, 1.165) is 36.4 Å². The van der Waals surface area contributed by atoms with Crippen LogP contribution in [0.3, 0.4) is 0 Å². The summed E-state index contributed by atoms with van der Waals surface area (Å²) in [6.45, 7) is 7.04. The standard InChI is InChI=1S/C39H20F6N2/c1-47-29-10-6-26(7-11-29)31-13-9-28(20-33(31)41)39-36(44)17-24(18-37(39)45)14-23-15-34(42)38(35(43)16-23)27-8-12-30(32(40)19-27)25-4-2-22(21-46)3-5-25/h2-13,15-20H,14H2. The summed E-state index contributed by atoms with van der Waals surface area (Å²) in [6.07, 6.45) is -0.220. The van der Waals surface area contributed by atoms with Gasteiger partial charge in [-0.2, -0.15) is 5.26 Å². The van der Waals surface area contributed by atoms with E-state index in [1.54, 1.807) is 24.3 Å². The molecule has 0 saturated heterocycles. The first-order valence-corrected chi connectivity index (χ1v) is 14.2. The number of hydrogen-bond donors (Lipinski definition) is 0. The summed E-state index contributed by atoms with van der Waals surface area (Å²) in [4.78, 5) is 3.29. The molecule has 0 aliphatic rings. The third kappa shape index (κ3) is 6.22. The maximum atomic E-state index is 15.2. The maximum Gasteiger partial charge on any atom is 0.187 e. The van der Waals surface area contributed by atoms with Crippen LogP contribution >= 0.6 is 0 Å². The van der Waals surface area contributed by atoms with E-state index in [-0.39, 0.29) is 39.8 Å². The molecule has 0 atom stereocenters. The van der Waals surface area contributed by atoms with Crippen LogP contribution in [0, 0.1) is 52.8 Å². The Balaban J connectivity index is 1.24. The topological polar surface area (TPSA) is 28.1 Å². The van der Waals surface area contributed by atoms with Crippen molar-refractivity contribution in [2.75, 3.05) is 0 Å². The molecule has 0 aliphatic heterocycles. The molecule has 228 valence electrons. The van der Waals surface area contributed by atoms with Gasteiger partial charge in [0.2, 0.25) is 0 Å². The Kier molecular flexibility index (Phi) is 8.35. The maximum absolute atomic E-state index is 15.2. The minimum absolute atomic E-state index is 0.0375. The molecule has 0 radical (unpaired) electrons. The zero-order valence-corrected chi connectivity index (χ0v) is 24.3. The van der Waals surface area contributed by atoms with Crippen LogP contribution in [0.4, 0.5) is 32.0 Å². The van der Waals surface area contributed by atoms with E-state index in [1.165, 1.54) is 48.5 Å². The molecule has 8 heteroatoms. The van der Waals surface area contributed by atoms with Gasteiger partial charge in [0.15, 0.2) is 5.69 Å². The first-order valence-electron chi connectivity index (χ1n) is 14.2. The minimum Gasteiger partial charge on any atom is -0.238 e. The number of halogens is 6. The molecule has 0 aromatic heterocycles. The van der Waals surface area contributed by atoms with Crippen molar-refractivity contribution < 1.29 is 26.3 Å². The van der Waals surface area contributed by atoms with E-state index in [9.17, 15) is 4.39 Å². The lowest BCUT2D eigenvalue weighted by Crippen LogP contribution is -1.99. The lowest BCUT2D eigenvalue weighted by Gasteiger charge is -2.12. The Morgan fingerprint density at radius 1 is 0.489 bits per heavy atom. The normalized spacial score (nSPS) is 10.8. The summed E-state index contributed by atoms with van der Waals surface area (Å²) in [5, 5.41) is 8.96. The van der Waals surface area contributed by atoms with Crippen molar-refractivity contribution in [3.8, 4) is 50.6 Å². The Hall–Kier alpha value is -6.12. The molecule has 0 heterocycles. The van der Waals surface area contributed by atoms with Gasteiger partial charge in [0.25, 0.3) is 0 Å². The third-order valence-electron chi connectivity index (χ3n) is 7.76. The van der Waals surface area contributed by atoms with Crippen molar-refractivity contribution in [2.45, 2.75) is 6.42 Å². The molecule has 6 aromatic carbocycles. The van der Waals surface area contributed by atoms with E-state index in [4.69, 9.17) is 11.8 Å². The third-order valence-corrected chi connectivity index (χ3v) is 7.76. The van der Waals surface area contributed by atoms with Crippen LogP contribution in [0.25, 0.3) is 49.4 Å². The minimum atomic E-state index is -0.984. The monoisotopic (exact) mass is 630 g/mol. The van der Waals surface area contributed by atoms with Gasteiger partial charge < -0.3 is 0 Å². The molecule has 6 aromatic rings. The highest BCUT2D eigenvalue weighted by molar-refractivity contribution is 5.74. The molecular formula is C39H20F6N2. The summed E-state index contributed by atoms with van der Waals surface area (Å²) >= 11 is 0. The number of rotatable bonds is 6. The number of hydrogen-bond acceptors (Lipinski definition) is 1. The lowest BCUT2D eigenvalue weighted by atomic mass is 9.95. The van der Waals surface area contributed by atoms with Gasteiger partial charge in [0, 0.05) is 11.1 Å². The van der Waals surface area contributed by atoms with Gasteiger partial charge in [0.1, 0.15) is 34.9 Å². The van der Waals surface area contributed by atoms with Crippen LogP contribution in [-0.2, 0) is 6.42 Å². The summed E-state index contributed by atoms with van der Waals surface area (Å²) in [7, 11) is 0. The molecule has 0 N–H and O–H groups in total. The summed E-state index contributed by atoms with van der Waals surface area (Å²) in [6, 6.07) is 26.1. The fraction of sp³-hybridized carbons (Fsp3) is 0.0256. The van der Waals surface area contributed by atoms with E-state index in [1.807, 2.05) is 6.07 Å². The zero-order chi connectivity index (χ0) is 33.2. The van der Waals surface area contributed by atoms with Crippen LogP contribution in [0.15, 0.2) is 109 Å². The van der Waals surface area contributed by atoms with Crippen molar-refractivity contribution >= 4 is 5.69 Å². The van der Waals surface area contributed by atoms with Gasteiger partial charge in [-0.3, -0.25) is 0 Å². The fourth-order valence-corrected chi connectivity index (χ4v) is 5.49. The van der Waals surface area contributed by atoms with E-state index < -0.39 is 46.0 Å². The highest BCUT2D eigenvalue weighted by Crippen LogP contribution is 2.35. The SMILES string of the molecule is [C-]#[N+]c1ccc(-c2ccc(-c3c(F)cc(Cc4cc(F)c(-c5ccc(-c6ccc(C#N)cc6)c(F)c5)c(F)c4)cc3F)cc2F)cc1. The number of benzene rings is 6. The van der Waals surface area contributed by atoms with Gasteiger partial charge in [-0.15, -0.1) is 0 Å². The van der Waals surface area contributed by atoms with Gasteiger partial charge in [-0.1, -0.05) is 60.7 Å². The highest BCUT2D eigenvalue weighted by Gasteiger charge is 2.19. The van der Waals surface area contributed by atoms with Gasteiger partial charge in [-0.05, 0) is 88.3 Å². The second-order valence-corrected chi connectivity index (χ2v) is 10.8. The van der Waals surface area contributed by atoms with Gasteiger partial charge >= 0.3 is 0 Å². The molecule has 47 heavy (non-hydrogen) atoms. The fourth-order valence-electron chi connectivity index (χ4n) is 5.49. The molecule has 0 bridgehead atoms. The average molecular weight is 631 g/mol. The molecule has 0 unspecified atom stereocenters. The molecule has 0 aliphatic carbocycles. The Morgan fingerprint density at radius 2 is 0.872 bits per heavy atom. The predicted molar refractivity (Wildman–Crippen MR) is 168 cm³/mol. The van der Waals surface area contributed by atoms with E-state index in [2.05, 4.69) is 4.85 Å². The summed E-state index contributed by atoms with van der Waals surface area (Å²) in [5.41, 5.74) is 1.34. The van der Waals surface area contributed by atoms with Crippen LogP contribution < -0.4 is 0 Å². The largest absolute Gasteiger partial charge is 0.238 e. The Morgan fingerprint density at radius 3 is 1.23 bits per heavy atom. The van der Waals surface area contributed by atoms with Gasteiger partial charge in [-0.25, -0.2) is 31.2 Å². The second kappa shape index (κ2) is 12.7. The average Bonchev–Trinajstić information content (AvgIpc) is 3.04.